The Kier molecular flexibility index (Phi) is 6.66. The van der Waals surface area contributed by atoms with Crippen LogP contribution in [0, 0.1) is 0 Å². The van der Waals surface area contributed by atoms with Crippen LogP contribution in [0.4, 0.5) is 0 Å². The molecule has 1 unspecified atom stereocenters. The minimum absolute atomic E-state index is 0. The number of amides is 1. The molecule has 0 bridgehead atoms. The fourth-order valence-electron chi connectivity index (χ4n) is 2.75. The van der Waals surface area contributed by atoms with Gasteiger partial charge in [-0.2, -0.15) is 0 Å². The lowest BCUT2D eigenvalue weighted by Gasteiger charge is -2.07. The van der Waals surface area contributed by atoms with Gasteiger partial charge in [0.05, 0.1) is 7.11 Å². The fourth-order valence-corrected chi connectivity index (χ4v) is 2.75. The molecule has 1 aromatic heterocycles. The Bertz CT molecular complexity index is 875. The zero-order chi connectivity index (χ0) is 17.8. The highest BCUT2D eigenvalue weighted by atomic mass is 35.5. The van der Waals surface area contributed by atoms with Gasteiger partial charge in [-0.05, 0) is 31.0 Å². The highest BCUT2D eigenvalue weighted by Crippen LogP contribution is 2.36. The molecule has 2 aromatic carbocycles. The number of nitrogens with two attached hydrogens (primary N) is 1. The largest absolute Gasteiger partial charge is 0.497 e. The van der Waals surface area contributed by atoms with Crippen LogP contribution in [0.15, 0.2) is 52.9 Å². The van der Waals surface area contributed by atoms with Gasteiger partial charge in [0.15, 0.2) is 0 Å². The lowest BCUT2D eigenvalue weighted by molar-refractivity contribution is 0.0928. The molecule has 3 aromatic rings. The Hall–Kier alpha value is -2.50. The summed E-state index contributed by atoms with van der Waals surface area (Å²) < 4.78 is 11.1. The highest BCUT2D eigenvalue weighted by Gasteiger charge is 2.22. The van der Waals surface area contributed by atoms with E-state index in [1.54, 1.807) is 13.2 Å². The summed E-state index contributed by atoms with van der Waals surface area (Å²) >= 11 is 0. The molecule has 0 radical (unpaired) electrons. The van der Waals surface area contributed by atoms with Crippen LogP contribution in [-0.4, -0.2) is 25.6 Å². The molecule has 3 N–H and O–H groups in total. The predicted molar refractivity (Wildman–Crippen MR) is 106 cm³/mol. The van der Waals surface area contributed by atoms with E-state index < -0.39 is 0 Å². The summed E-state index contributed by atoms with van der Waals surface area (Å²) in [6, 6.07) is 15.4. The summed E-state index contributed by atoms with van der Waals surface area (Å²) in [5.41, 5.74) is 8.09. The zero-order valence-electron chi connectivity index (χ0n) is 14.8. The Balaban J connectivity index is 0.00000243. The zero-order valence-corrected chi connectivity index (χ0v) is 15.6. The number of hydrogen-bond acceptors (Lipinski definition) is 4. The average molecular weight is 375 g/mol. The fraction of sp³-hybridized carbons (Fsp3) is 0.250. The SMILES string of the molecule is COc1ccc2c(-c3ccccc3)c(C(=O)NCCC(C)N)oc2c1.Cl. The molecule has 0 saturated heterocycles. The summed E-state index contributed by atoms with van der Waals surface area (Å²) in [5.74, 6) is 0.749. The van der Waals surface area contributed by atoms with Crippen molar-refractivity contribution in [3.05, 3.63) is 54.3 Å². The van der Waals surface area contributed by atoms with Crippen molar-refractivity contribution in [1.29, 1.82) is 0 Å². The third-order valence-electron chi connectivity index (χ3n) is 4.05. The lowest BCUT2D eigenvalue weighted by Crippen LogP contribution is -2.29. The van der Waals surface area contributed by atoms with E-state index in [1.165, 1.54) is 0 Å². The summed E-state index contributed by atoms with van der Waals surface area (Å²) in [6.45, 7) is 2.42. The van der Waals surface area contributed by atoms with Crippen molar-refractivity contribution in [2.75, 3.05) is 13.7 Å². The summed E-state index contributed by atoms with van der Waals surface area (Å²) in [7, 11) is 1.60. The van der Waals surface area contributed by atoms with Crippen molar-refractivity contribution in [2.45, 2.75) is 19.4 Å². The predicted octanol–water partition coefficient (Wildman–Crippen LogP) is 4.00. The molecule has 6 heteroatoms. The molecule has 0 aliphatic heterocycles. The van der Waals surface area contributed by atoms with Gasteiger partial charge in [0.2, 0.25) is 5.76 Å². The third kappa shape index (κ3) is 4.18. The summed E-state index contributed by atoms with van der Waals surface area (Å²) in [5, 5.41) is 3.77. The molecule has 5 nitrogen and oxygen atoms in total. The molecule has 3 rings (SSSR count). The number of ether oxygens (including phenoxy) is 1. The van der Waals surface area contributed by atoms with Crippen LogP contribution >= 0.6 is 12.4 Å². The van der Waals surface area contributed by atoms with Gasteiger partial charge in [-0.25, -0.2) is 0 Å². The Morgan fingerprint density at radius 3 is 2.62 bits per heavy atom. The molecule has 1 atom stereocenters. The molecular weight excluding hydrogens is 352 g/mol. The topological polar surface area (TPSA) is 77.5 Å². The van der Waals surface area contributed by atoms with Crippen LogP contribution in [0.25, 0.3) is 22.1 Å². The van der Waals surface area contributed by atoms with E-state index >= 15 is 0 Å². The number of rotatable bonds is 6. The van der Waals surface area contributed by atoms with Crippen LogP contribution in [-0.2, 0) is 0 Å². The normalized spacial score (nSPS) is 11.7. The van der Waals surface area contributed by atoms with E-state index in [4.69, 9.17) is 14.9 Å². The number of furan rings is 1. The van der Waals surface area contributed by atoms with Gasteiger partial charge in [-0.1, -0.05) is 30.3 Å². The molecule has 1 heterocycles. The van der Waals surface area contributed by atoms with Gasteiger partial charge in [0.1, 0.15) is 11.3 Å². The number of benzene rings is 2. The first-order chi connectivity index (χ1) is 12.1. The number of carbonyl (C=O) groups is 1. The van der Waals surface area contributed by atoms with Crippen molar-refractivity contribution in [2.24, 2.45) is 5.73 Å². The number of methoxy groups -OCH3 is 1. The first-order valence-electron chi connectivity index (χ1n) is 8.30. The van der Waals surface area contributed by atoms with Gasteiger partial charge in [0, 0.05) is 29.6 Å². The Morgan fingerprint density at radius 1 is 1.23 bits per heavy atom. The minimum Gasteiger partial charge on any atom is -0.497 e. The first kappa shape index (κ1) is 19.8. The quantitative estimate of drug-likeness (QED) is 0.683. The Labute approximate surface area is 158 Å². The molecule has 0 saturated carbocycles. The minimum atomic E-state index is -0.241. The van der Waals surface area contributed by atoms with Crippen LogP contribution in [0.3, 0.4) is 0 Å². The van der Waals surface area contributed by atoms with Crippen molar-refractivity contribution < 1.29 is 13.9 Å². The standard InChI is InChI=1S/C20H22N2O3.ClH/c1-13(21)10-11-22-20(23)19-18(14-6-4-3-5-7-14)16-9-8-15(24-2)12-17(16)25-19;/h3-9,12-13H,10-11,21H2,1-2H3,(H,22,23);1H. The first-order valence-corrected chi connectivity index (χ1v) is 8.30. The van der Waals surface area contributed by atoms with Crippen molar-refractivity contribution in [3.8, 4) is 16.9 Å². The Morgan fingerprint density at radius 2 is 1.96 bits per heavy atom. The van der Waals surface area contributed by atoms with Gasteiger partial charge in [-0.15, -0.1) is 12.4 Å². The van der Waals surface area contributed by atoms with Crippen LogP contribution < -0.4 is 15.8 Å². The van der Waals surface area contributed by atoms with Crippen molar-refractivity contribution >= 4 is 29.3 Å². The number of halogens is 1. The summed E-state index contributed by atoms with van der Waals surface area (Å²) in [4.78, 5) is 12.7. The number of hydrogen-bond donors (Lipinski definition) is 2. The molecule has 138 valence electrons. The highest BCUT2D eigenvalue weighted by molar-refractivity contribution is 6.08. The number of nitrogens with one attached hydrogen (secondary N) is 1. The van der Waals surface area contributed by atoms with Gasteiger partial charge < -0.3 is 20.2 Å². The van der Waals surface area contributed by atoms with E-state index in [2.05, 4.69) is 5.32 Å². The second-order valence-corrected chi connectivity index (χ2v) is 6.06. The molecule has 1 amide bonds. The van der Waals surface area contributed by atoms with E-state index in [9.17, 15) is 4.79 Å². The number of carbonyl (C=O) groups excluding carboxylic acids is 1. The molecule has 0 aliphatic rings. The molecule has 26 heavy (non-hydrogen) atoms. The van der Waals surface area contributed by atoms with Crippen LogP contribution in [0.1, 0.15) is 23.9 Å². The maximum atomic E-state index is 12.7. The van der Waals surface area contributed by atoms with Crippen molar-refractivity contribution in [3.63, 3.8) is 0 Å². The van der Waals surface area contributed by atoms with Gasteiger partial charge in [0.25, 0.3) is 5.91 Å². The molecule has 0 aliphatic carbocycles. The van der Waals surface area contributed by atoms with Crippen LogP contribution in [0.2, 0.25) is 0 Å². The van der Waals surface area contributed by atoms with E-state index in [-0.39, 0.29) is 24.4 Å². The average Bonchev–Trinajstić information content (AvgIpc) is 3.00. The van der Waals surface area contributed by atoms with E-state index in [0.717, 1.165) is 16.5 Å². The number of fused-ring (bicyclic) bond motifs is 1. The van der Waals surface area contributed by atoms with Gasteiger partial charge >= 0.3 is 0 Å². The van der Waals surface area contributed by atoms with Crippen molar-refractivity contribution in [1.82, 2.24) is 5.32 Å². The van der Waals surface area contributed by atoms with Gasteiger partial charge in [-0.3, -0.25) is 4.79 Å². The second-order valence-electron chi connectivity index (χ2n) is 6.06. The molecule has 0 spiro atoms. The van der Waals surface area contributed by atoms with E-state index in [0.29, 0.717) is 30.1 Å². The summed E-state index contributed by atoms with van der Waals surface area (Å²) in [6.07, 6.45) is 0.709. The second kappa shape index (κ2) is 8.74. The lowest BCUT2D eigenvalue weighted by atomic mass is 10.0. The third-order valence-corrected chi connectivity index (χ3v) is 4.05. The monoisotopic (exact) mass is 374 g/mol. The van der Waals surface area contributed by atoms with E-state index in [1.807, 2.05) is 49.4 Å². The maximum absolute atomic E-state index is 12.7. The molecular formula is C20H23ClN2O3. The van der Waals surface area contributed by atoms with Crippen LogP contribution in [0.5, 0.6) is 5.75 Å². The molecule has 0 fully saturated rings. The maximum Gasteiger partial charge on any atom is 0.287 e. The smallest absolute Gasteiger partial charge is 0.287 e.